The first-order valence-corrected chi connectivity index (χ1v) is 9.53. The van der Waals surface area contributed by atoms with E-state index < -0.39 is 0 Å². The third kappa shape index (κ3) is 4.94. The van der Waals surface area contributed by atoms with Crippen LogP contribution in [0.15, 0.2) is 0 Å². The molecule has 1 aliphatic heterocycles. The Bertz CT molecular complexity index is 334. The zero-order valence-corrected chi connectivity index (χ0v) is 14.8. The first-order valence-electron chi connectivity index (χ1n) is 9.53. The Labute approximate surface area is 136 Å². The topological polar surface area (TPSA) is 30.5 Å². The number of rotatable bonds is 5. The van der Waals surface area contributed by atoms with Crippen LogP contribution >= 0.6 is 0 Å². The minimum atomic E-state index is 0.00355. The normalized spacial score (nSPS) is 32.9. The molecular weight excluding hydrogens is 274 g/mol. The highest BCUT2D eigenvalue weighted by molar-refractivity contribution is 4.94. The lowest BCUT2D eigenvalue weighted by molar-refractivity contribution is -0.0767. The summed E-state index contributed by atoms with van der Waals surface area (Å²) in [6.45, 7) is 8.46. The highest BCUT2D eigenvalue weighted by Gasteiger charge is 2.38. The van der Waals surface area contributed by atoms with Gasteiger partial charge >= 0.3 is 0 Å². The van der Waals surface area contributed by atoms with E-state index in [-0.39, 0.29) is 5.60 Å². The molecule has 22 heavy (non-hydrogen) atoms. The van der Waals surface area contributed by atoms with Crippen molar-refractivity contribution in [1.29, 1.82) is 0 Å². The maximum atomic E-state index is 6.16. The van der Waals surface area contributed by atoms with Crippen LogP contribution in [0, 0.1) is 11.8 Å². The Hall–Kier alpha value is -0.120. The smallest absolute Gasteiger partial charge is 0.0602 e. The largest absolute Gasteiger partial charge is 0.381 e. The van der Waals surface area contributed by atoms with Gasteiger partial charge in [0.2, 0.25) is 0 Å². The molecule has 1 saturated heterocycles. The highest BCUT2D eigenvalue weighted by Crippen LogP contribution is 2.39. The minimum absolute atomic E-state index is 0.00355. The van der Waals surface area contributed by atoms with Crippen molar-refractivity contribution in [3.05, 3.63) is 0 Å². The molecule has 2 saturated carbocycles. The molecule has 0 amide bonds. The van der Waals surface area contributed by atoms with Crippen molar-refractivity contribution >= 4 is 0 Å². The summed E-state index contributed by atoms with van der Waals surface area (Å²) in [6.07, 6.45) is 10.9. The van der Waals surface area contributed by atoms with E-state index >= 15 is 0 Å². The molecule has 0 aromatic carbocycles. The van der Waals surface area contributed by atoms with Gasteiger partial charge in [0, 0.05) is 25.3 Å². The fourth-order valence-electron chi connectivity index (χ4n) is 4.31. The second-order valence-corrected chi connectivity index (χ2v) is 8.68. The molecule has 3 rings (SSSR count). The second-order valence-electron chi connectivity index (χ2n) is 8.68. The maximum Gasteiger partial charge on any atom is 0.0602 e. The molecule has 3 fully saturated rings. The van der Waals surface area contributed by atoms with E-state index in [1.54, 1.807) is 0 Å². The van der Waals surface area contributed by atoms with Crippen molar-refractivity contribution in [1.82, 2.24) is 5.32 Å². The van der Waals surface area contributed by atoms with Crippen molar-refractivity contribution in [3.8, 4) is 0 Å². The Balaban J connectivity index is 1.46. The zero-order chi connectivity index (χ0) is 15.6. The maximum absolute atomic E-state index is 6.16. The zero-order valence-electron chi connectivity index (χ0n) is 14.8. The average Bonchev–Trinajstić information content (AvgIpc) is 3.30. The highest BCUT2D eigenvalue weighted by atomic mass is 16.5. The Morgan fingerprint density at radius 3 is 2.00 bits per heavy atom. The molecule has 0 aromatic heterocycles. The van der Waals surface area contributed by atoms with E-state index in [2.05, 4.69) is 26.1 Å². The molecule has 3 aliphatic rings. The van der Waals surface area contributed by atoms with Crippen LogP contribution in [0.25, 0.3) is 0 Å². The van der Waals surface area contributed by atoms with Gasteiger partial charge in [-0.15, -0.1) is 0 Å². The molecule has 1 atom stereocenters. The summed E-state index contributed by atoms with van der Waals surface area (Å²) < 4.78 is 11.7. The number of ether oxygens (including phenoxy) is 2. The molecule has 0 radical (unpaired) electrons. The van der Waals surface area contributed by atoms with Gasteiger partial charge in [0.05, 0.1) is 11.7 Å². The predicted octanol–water partition coefficient (Wildman–Crippen LogP) is 3.91. The lowest BCUT2D eigenvalue weighted by Crippen LogP contribution is -2.48. The average molecular weight is 309 g/mol. The summed E-state index contributed by atoms with van der Waals surface area (Å²) in [4.78, 5) is 0. The Kier molecular flexibility index (Phi) is 5.47. The van der Waals surface area contributed by atoms with E-state index in [1.165, 1.54) is 51.4 Å². The SMILES string of the molecule is CC(C)(C)OC1CCC(NC(C2CCOCC2)C2CC2)CC1. The van der Waals surface area contributed by atoms with Crippen LogP contribution in [0.1, 0.15) is 72.1 Å². The van der Waals surface area contributed by atoms with Gasteiger partial charge in [0.15, 0.2) is 0 Å². The van der Waals surface area contributed by atoms with Crippen molar-refractivity contribution in [2.75, 3.05) is 13.2 Å². The number of hydrogen-bond acceptors (Lipinski definition) is 3. The van der Waals surface area contributed by atoms with Gasteiger partial charge in [-0.3, -0.25) is 0 Å². The van der Waals surface area contributed by atoms with Gasteiger partial charge in [0.25, 0.3) is 0 Å². The van der Waals surface area contributed by atoms with Crippen LogP contribution in [0.5, 0.6) is 0 Å². The minimum Gasteiger partial charge on any atom is -0.381 e. The fraction of sp³-hybridized carbons (Fsp3) is 1.00. The first-order chi connectivity index (χ1) is 10.5. The molecular formula is C19H35NO2. The fourth-order valence-corrected chi connectivity index (χ4v) is 4.31. The number of hydrogen-bond donors (Lipinski definition) is 1. The first kappa shape index (κ1) is 16.7. The summed E-state index contributed by atoms with van der Waals surface area (Å²) >= 11 is 0. The van der Waals surface area contributed by atoms with Gasteiger partial charge < -0.3 is 14.8 Å². The molecule has 0 bridgehead atoms. The van der Waals surface area contributed by atoms with Gasteiger partial charge in [0.1, 0.15) is 0 Å². The van der Waals surface area contributed by atoms with E-state index in [4.69, 9.17) is 9.47 Å². The van der Waals surface area contributed by atoms with Crippen LogP contribution in [0.3, 0.4) is 0 Å². The van der Waals surface area contributed by atoms with E-state index in [0.717, 1.165) is 31.1 Å². The van der Waals surface area contributed by atoms with Crippen molar-refractivity contribution in [2.45, 2.75) is 95.9 Å². The third-order valence-corrected chi connectivity index (χ3v) is 5.53. The predicted molar refractivity (Wildman–Crippen MR) is 90.1 cm³/mol. The van der Waals surface area contributed by atoms with Crippen LogP contribution in [0.2, 0.25) is 0 Å². The molecule has 2 aliphatic carbocycles. The molecule has 3 heteroatoms. The van der Waals surface area contributed by atoms with Crippen molar-refractivity contribution in [3.63, 3.8) is 0 Å². The van der Waals surface area contributed by atoms with Crippen molar-refractivity contribution < 1.29 is 9.47 Å². The molecule has 0 aromatic rings. The molecule has 0 spiro atoms. The number of nitrogens with one attached hydrogen (secondary N) is 1. The summed E-state index contributed by atoms with van der Waals surface area (Å²) in [6, 6.07) is 1.47. The van der Waals surface area contributed by atoms with E-state index in [1.807, 2.05) is 0 Å². The van der Waals surface area contributed by atoms with Gasteiger partial charge in [-0.05, 0) is 84.0 Å². The Morgan fingerprint density at radius 1 is 0.864 bits per heavy atom. The van der Waals surface area contributed by atoms with Gasteiger partial charge in [-0.2, -0.15) is 0 Å². The van der Waals surface area contributed by atoms with Crippen LogP contribution < -0.4 is 5.32 Å². The van der Waals surface area contributed by atoms with Crippen LogP contribution in [-0.4, -0.2) is 37.0 Å². The summed E-state index contributed by atoms with van der Waals surface area (Å²) in [5.41, 5.74) is 0.00355. The second kappa shape index (κ2) is 7.19. The standard InChI is InChI=1S/C19H35NO2/c1-19(2,3)22-17-8-6-16(7-9-17)20-18(14-4-5-14)15-10-12-21-13-11-15/h14-18,20H,4-13H2,1-3H3. The van der Waals surface area contributed by atoms with E-state index in [0.29, 0.717) is 12.1 Å². The lowest BCUT2D eigenvalue weighted by atomic mass is 9.86. The monoisotopic (exact) mass is 309 g/mol. The molecule has 1 heterocycles. The Morgan fingerprint density at radius 2 is 1.45 bits per heavy atom. The van der Waals surface area contributed by atoms with Crippen molar-refractivity contribution in [2.24, 2.45) is 11.8 Å². The van der Waals surface area contributed by atoms with E-state index in [9.17, 15) is 0 Å². The summed E-state index contributed by atoms with van der Waals surface area (Å²) in [7, 11) is 0. The molecule has 3 nitrogen and oxygen atoms in total. The van der Waals surface area contributed by atoms with Crippen LogP contribution in [-0.2, 0) is 9.47 Å². The lowest BCUT2D eigenvalue weighted by Gasteiger charge is -2.38. The molecule has 1 N–H and O–H groups in total. The van der Waals surface area contributed by atoms with Gasteiger partial charge in [-0.1, -0.05) is 0 Å². The van der Waals surface area contributed by atoms with Gasteiger partial charge in [-0.25, -0.2) is 0 Å². The van der Waals surface area contributed by atoms with Crippen LogP contribution in [0.4, 0.5) is 0 Å². The quantitative estimate of drug-likeness (QED) is 0.835. The summed E-state index contributed by atoms with van der Waals surface area (Å²) in [5.74, 6) is 1.80. The molecule has 1 unspecified atom stereocenters. The summed E-state index contributed by atoms with van der Waals surface area (Å²) in [5, 5.41) is 4.06. The molecule has 128 valence electrons. The third-order valence-electron chi connectivity index (χ3n) is 5.53.